The van der Waals surface area contributed by atoms with Crippen LogP contribution in [0.15, 0.2) is 46.0 Å². The van der Waals surface area contributed by atoms with E-state index >= 15 is 0 Å². The number of aryl methyl sites for hydroxylation is 2. The molecule has 2 nitrogen and oxygen atoms in total. The molecule has 0 aromatic heterocycles. The molecule has 0 radical (unpaired) electrons. The summed E-state index contributed by atoms with van der Waals surface area (Å²) in [5.74, 6) is 0. The largest absolute Gasteiger partial charge is 0.289 e. The van der Waals surface area contributed by atoms with Gasteiger partial charge in [-0.1, -0.05) is 24.3 Å². The van der Waals surface area contributed by atoms with Gasteiger partial charge in [0.2, 0.25) is 0 Å². The van der Waals surface area contributed by atoms with Crippen LogP contribution in [0, 0.1) is 27.7 Å². The fraction of sp³-hybridized carbons (Fsp3) is 0.167. The van der Waals surface area contributed by atoms with Crippen LogP contribution in [0.2, 0.25) is 0 Å². The number of rotatable bonds is 0. The molecule has 5 aromatic carbocycles. The summed E-state index contributed by atoms with van der Waals surface area (Å²) in [7, 11) is 0. The fourth-order valence-electron chi connectivity index (χ4n) is 4.53. The summed E-state index contributed by atoms with van der Waals surface area (Å²) in [5.41, 5.74) is 4.72. The van der Waals surface area contributed by atoms with Gasteiger partial charge in [-0.05, 0) is 83.6 Å². The first-order valence-electron chi connectivity index (χ1n) is 8.89. The monoisotopic (exact) mass is 338 g/mol. The van der Waals surface area contributed by atoms with Crippen LogP contribution in [-0.2, 0) is 0 Å². The van der Waals surface area contributed by atoms with Gasteiger partial charge in [0.1, 0.15) is 0 Å². The summed E-state index contributed by atoms with van der Waals surface area (Å²) in [6.07, 6.45) is 0. The smallest absolute Gasteiger partial charge is 0.194 e. The molecule has 0 aliphatic carbocycles. The van der Waals surface area contributed by atoms with Gasteiger partial charge in [0.25, 0.3) is 0 Å². The van der Waals surface area contributed by atoms with E-state index in [9.17, 15) is 9.59 Å². The average Bonchev–Trinajstić information content (AvgIpc) is 3.10. The molecule has 0 heterocycles. The van der Waals surface area contributed by atoms with Crippen molar-refractivity contribution in [3.05, 3.63) is 79.1 Å². The molecule has 0 bridgehead atoms. The van der Waals surface area contributed by atoms with E-state index in [1.54, 1.807) is 0 Å². The highest BCUT2D eigenvalue weighted by atomic mass is 16.1. The molecule has 0 atom stereocenters. The molecule has 0 aliphatic rings. The van der Waals surface area contributed by atoms with E-state index in [0.717, 1.165) is 48.8 Å². The minimum Gasteiger partial charge on any atom is -0.289 e. The van der Waals surface area contributed by atoms with Crippen molar-refractivity contribution < 1.29 is 0 Å². The Balaban J connectivity index is 2.15. The molecule has 0 aliphatic heterocycles. The second-order valence-electron chi connectivity index (χ2n) is 7.40. The van der Waals surface area contributed by atoms with E-state index in [1.807, 2.05) is 43.3 Å². The van der Waals surface area contributed by atoms with Crippen LogP contribution >= 0.6 is 0 Å². The molecule has 126 valence electrons. The van der Waals surface area contributed by atoms with Crippen LogP contribution in [-0.4, -0.2) is 0 Å². The Hall–Kier alpha value is -3.00. The fourth-order valence-corrected chi connectivity index (χ4v) is 4.53. The quantitative estimate of drug-likeness (QED) is 0.392. The van der Waals surface area contributed by atoms with Gasteiger partial charge in [0, 0.05) is 21.5 Å². The SMILES string of the molecule is Cc1c(C)c(C)c2c(c1C)c(=O)c1cc3c(cc12)c(=O)c1ccccc13. The van der Waals surface area contributed by atoms with Gasteiger partial charge in [-0.15, -0.1) is 0 Å². The second kappa shape index (κ2) is 4.79. The number of hydrogen-bond donors (Lipinski definition) is 0. The summed E-state index contributed by atoms with van der Waals surface area (Å²) < 4.78 is 0. The lowest BCUT2D eigenvalue weighted by atomic mass is 9.93. The minimum absolute atomic E-state index is 0.0532. The van der Waals surface area contributed by atoms with E-state index in [4.69, 9.17) is 0 Å². The van der Waals surface area contributed by atoms with Crippen molar-refractivity contribution >= 4 is 43.1 Å². The molecular weight excluding hydrogens is 320 g/mol. The molecule has 0 saturated heterocycles. The summed E-state index contributed by atoms with van der Waals surface area (Å²) in [4.78, 5) is 26.1. The molecule has 0 N–H and O–H groups in total. The Morgan fingerprint density at radius 1 is 0.500 bits per heavy atom. The molecule has 26 heavy (non-hydrogen) atoms. The van der Waals surface area contributed by atoms with Gasteiger partial charge >= 0.3 is 0 Å². The molecule has 0 saturated carbocycles. The van der Waals surface area contributed by atoms with Crippen molar-refractivity contribution in [1.29, 1.82) is 0 Å². The highest BCUT2D eigenvalue weighted by Gasteiger charge is 2.20. The van der Waals surface area contributed by atoms with Gasteiger partial charge < -0.3 is 0 Å². The molecule has 5 aromatic rings. The Kier molecular flexibility index (Phi) is 2.81. The first kappa shape index (κ1) is 15.3. The van der Waals surface area contributed by atoms with Crippen LogP contribution < -0.4 is 10.9 Å². The van der Waals surface area contributed by atoms with Gasteiger partial charge in [-0.25, -0.2) is 0 Å². The lowest BCUT2D eigenvalue weighted by Gasteiger charge is -2.11. The van der Waals surface area contributed by atoms with Crippen molar-refractivity contribution in [3.63, 3.8) is 0 Å². The highest BCUT2D eigenvalue weighted by molar-refractivity contribution is 6.22. The third-order valence-electron chi connectivity index (χ3n) is 6.29. The average molecular weight is 338 g/mol. The van der Waals surface area contributed by atoms with Crippen molar-refractivity contribution in [2.24, 2.45) is 0 Å². The Bertz CT molecular complexity index is 1490. The zero-order valence-electron chi connectivity index (χ0n) is 15.3. The van der Waals surface area contributed by atoms with Crippen LogP contribution in [0.1, 0.15) is 22.3 Å². The standard InChI is InChI=1S/C24H18O2/c1-11-12(2)14(4)22-21(13(11)3)18-10-19-17(9-20(18)24(22)26)15-7-5-6-8-16(15)23(19)25/h5-10H,1-4H3. The summed E-state index contributed by atoms with van der Waals surface area (Å²) in [6.45, 7) is 8.29. The van der Waals surface area contributed by atoms with E-state index in [2.05, 4.69) is 20.8 Å². The number of benzene rings is 3. The van der Waals surface area contributed by atoms with Gasteiger partial charge in [0.05, 0.1) is 0 Å². The minimum atomic E-state index is 0.0532. The van der Waals surface area contributed by atoms with Crippen LogP contribution in [0.5, 0.6) is 0 Å². The van der Waals surface area contributed by atoms with E-state index in [-0.39, 0.29) is 10.9 Å². The Morgan fingerprint density at radius 2 is 1.04 bits per heavy atom. The second-order valence-corrected chi connectivity index (χ2v) is 7.40. The summed E-state index contributed by atoms with van der Waals surface area (Å²) in [5, 5.41) is 6.71. The summed E-state index contributed by atoms with van der Waals surface area (Å²) >= 11 is 0. The predicted molar refractivity (Wildman–Crippen MR) is 110 cm³/mol. The van der Waals surface area contributed by atoms with E-state index < -0.39 is 0 Å². The third kappa shape index (κ3) is 1.62. The molecular formula is C24H18O2. The lowest BCUT2D eigenvalue weighted by molar-refractivity contribution is 1.25. The van der Waals surface area contributed by atoms with E-state index in [0.29, 0.717) is 5.39 Å². The van der Waals surface area contributed by atoms with Gasteiger partial charge in [0.15, 0.2) is 10.9 Å². The van der Waals surface area contributed by atoms with E-state index in [1.165, 1.54) is 11.1 Å². The van der Waals surface area contributed by atoms with Crippen molar-refractivity contribution in [1.82, 2.24) is 0 Å². The van der Waals surface area contributed by atoms with Crippen molar-refractivity contribution in [3.8, 4) is 0 Å². The van der Waals surface area contributed by atoms with Gasteiger partial charge in [-0.3, -0.25) is 9.59 Å². The molecule has 0 amide bonds. The van der Waals surface area contributed by atoms with Gasteiger partial charge in [-0.2, -0.15) is 0 Å². The zero-order chi connectivity index (χ0) is 18.3. The Morgan fingerprint density at radius 3 is 1.73 bits per heavy atom. The maximum Gasteiger partial charge on any atom is 0.194 e. The predicted octanol–water partition coefficient (Wildman–Crippen LogP) is 5.13. The first-order valence-corrected chi connectivity index (χ1v) is 8.89. The van der Waals surface area contributed by atoms with Crippen molar-refractivity contribution in [2.45, 2.75) is 27.7 Å². The van der Waals surface area contributed by atoms with Crippen LogP contribution in [0.25, 0.3) is 43.1 Å². The summed E-state index contributed by atoms with van der Waals surface area (Å²) in [6, 6.07) is 11.5. The van der Waals surface area contributed by atoms with Crippen molar-refractivity contribution in [2.75, 3.05) is 0 Å². The maximum atomic E-state index is 13.2. The molecule has 5 rings (SSSR count). The highest BCUT2D eigenvalue weighted by Crippen LogP contribution is 2.36. The first-order chi connectivity index (χ1) is 12.4. The molecule has 0 fully saturated rings. The normalized spacial score (nSPS) is 12.2. The maximum absolute atomic E-state index is 13.2. The molecule has 2 heteroatoms. The Labute approximate surface area is 150 Å². The molecule has 0 spiro atoms. The number of hydrogen-bond acceptors (Lipinski definition) is 2. The third-order valence-corrected chi connectivity index (χ3v) is 6.29. The van der Waals surface area contributed by atoms with Crippen LogP contribution in [0.3, 0.4) is 0 Å². The van der Waals surface area contributed by atoms with Crippen LogP contribution in [0.4, 0.5) is 0 Å². The zero-order valence-corrected chi connectivity index (χ0v) is 15.3. The molecule has 0 unspecified atom stereocenters. The number of fused-ring (bicyclic) bond motifs is 6. The lowest BCUT2D eigenvalue weighted by Crippen LogP contribution is -2.00. The topological polar surface area (TPSA) is 34.1 Å².